The number of rotatable bonds is 4. The lowest BCUT2D eigenvalue weighted by atomic mass is 9.65. The van der Waals surface area contributed by atoms with E-state index in [2.05, 4.69) is 10.4 Å². The van der Waals surface area contributed by atoms with Gasteiger partial charge in [0.25, 0.3) is 11.8 Å². The predicted molar refractivity (Wildman–Crippen MR) is 125 cm³/mol. The SMILES string of the molecule is N#Cc1ccc(NC(=O)C2Cc3c(C(N)=O)c(-c4ccc(F)c(Cl)c4)nn3C3(C2)CC(F)(F)C3)cc1. The maximum atomic E-state index is 14.2. The molecule has 2 amide bonds. The van der Waals surface area contributed by atoms with Crippen molar-refractivity contribution < 1.29 is 22.8 Å². The van der Waals surface area contributed by atoms with Crippen LogP contribution >= 0.6 is 11.6 Å². The Hall–Kier alpha value is -3.84. The molecule has 2 aliphatic rings. The monoisotopic (exact) mass is 513 g/mol. The van der Waals surface area contributed by atoms with E-state index in [9.17, 15) is 22.8 Å². The third-order valence-electron chi connectivity index (χ3n) is 6.76. The van der Waals surface area contributed by atoms with Crippen LogP contribution in [-0.2, 0) is 16.8 Å². The summed E-state index contributed by atoms with van der Waals surface area (Å²) in [5.41, 5.74) is 6.04. The molecular formula is C25H19ClF3N5O2. The van der Waals surface area contributed by atoms with Crippen molar-refractivity contribution in [3.05, 3.63) is 70.1 Å². The van der Waals surface area contributed by atoms with E-state index in [1.54, 1.807) is 24.3 Å². The molecule has 1 unspecified atom stereocenters. The highest BCUT2D eigenvalue weighted by Crippen LogP contribution is 2.56. The van der Waals surface area contributed by atoms with Gasteiger partial charge in [0.15, 0.2) is 0 Å². The van der Waals surface area contributed by atoms with Crippen molar-refractivity contribution in [2.45, 2.75) is 37.1 Å². The molecule has 36 heavy (non-hydrogen) atoms. The van der Waals surface area contributed by atoms with Gasteiger partial charge >= 0.3 is 0 Å². The smallest absolute Gasteiger partial charge is 0.252 e. The number of primary amides is 1. The minimum Gasteiger partial charge on any atom is -0.365 e. The van der Waals surface area contributed by atoms with Crippen molar-refractivity contribution in [1.29, 1.82) is 5.26 Å². The standard InChI is InChI=1S/C25H19ClF3N5O2/c26-17-7-14(3-6-18(17)27)21-20(22(31)35)19-8-15(9-24(34(19)33-21)11-25(28,29)12-24)23(36)32-16-4-1-13(10-30)2-5-16/h1-7,15H,8-9,11-12H2,(H2,31,35)(H,32,36). The third kappa shape index (κ3) is 3.99. The van der Waals surface area contributed by atoms with Gasteiger partial charge in [-0.25, -0.2) is 13.2 Å². The highest BCUT2D eigenvalue weighted by molar-refractivity contribution is 6.31. The topological polar surface area (TPSA) is 114 Å². The quantitative estimate of drug-likeness (QED) is 0.529. The fourth-order valence-electron chi connectivity index (χ4n) is 5.25. The van der Waals surface area contributed by atoms with Gasteiger partial charge in [0.1, 0.15) is 11.5 Å². The summed E-state index contributed by atoms with van der Waals surface area (Å²) in [7, 11) is 0. The van der Waals surface area contributed by atoms with Crippen LogP contribution in [0.1, 0.15) is 40.9 Å². The molecular weight excluding hydrogens is 495 g/mol. The second kappa shape index (κ2) is 8.38. The molecule has 1 saturated carbocycles. The van der Waals surface area contributed by atoms with Crippen LogP contribution < -0.4 is 11.1 Å². The zero-order valence-corrected chi connectivity index (χ0v) is 19.5. The van der Waals surface area contributed by atoms with Gasteiger partial charge in [-0.15, -0.1) is 0 Å². The number of alkyl halides is 2. The van der Waals surface area contributed by atoms with E-state index in [1.165, 1.54) is 16.8 Å². The van der Waals surface area contributed by atoms with Gasteiger partial charge in [0, 0.05) is 36.4 Å². The first kappa shape index (κ1) is 23.9. The van der Waals surface area contributed by atoms with E-state index >= 15 is 0 Å². The molecule has 184 valence electrons. The number of fused-ring (bicyclic) bond motifs is 2. The Balaban J connectivity index is 1.56. The molecule has 5 rings (SSSR count). The number of nitriles is 1. The predicted octanol–water partition coefficient (Wildman–Crippen LogP) is 4.64. The highest BCUT2D eigenvalue weighted by atomic mass is 35.5. The third-order valence-corrected chi connectivity index (χ3v) is 7.05. The summed E-state index contributed by atoms with van der Waals surface area (Å²) < 4.78 is 43.5. The number of nitrogens with one attached hydrogen (secondary N) is 1. The van der Waals surface area contributed by atoms with Crippen LogP contribution in [-0.4, -0.2) is 27.5 Å². The van der Waals surface area contributed by atoms with Gasteiger partial charge in [0.2, 0.25) is 5.91 Å². The lowest BCUT2D eigenvalue weighted by Crippen LogP contribution is -2.58. The number of nitrogens with zero attached hydrogens (tertiary/aromatic N) is 3. The van der Waals surface area contributed by atoms with E-state index in [4.69, 9.17) is 22.6 Å². The first-order valence-corrected chi connectivity index (χ1v) is 11.5. The Morgan fingerprint density at radius 3 is 2.47 bits per heavy atom. The van der Waals surface area contributed by atoms with E-state index in [-0.39, 0.29) is 34.8 Å². The lowest BCUT2D eigenvalue weighted by Gasteiger charge is -2.51. The Morgan fingerprint density at radius 2 is 1.89 bits per heavy atom. The summed E-state index contributed by atoms with van der Waals surface area (Å²) in [4.78, 5) is 25.7. The second-order valence-corrected chi connectivity index (χ2v) is 9.70. The molecule has 1 aliphatic heterocycles. The minimum atomic E-state index is -2.94. The van der Waals surface area contributed by atoms with Crippen molar-refractivity contribution in [2.24, 2.45) is 11.7 Å². The summed E-state index contributed by atoms with van der Waals surface area (Å²) in [5.74, 6) is -5.62. The van der Waals surface area contributed by atoms with Crippen molar-refractivity contribution in [3.63, 3.8) is 0 Å². The van der Waals surface area contributed by atoms with Crippen LogP contribution in [0.2, 0.25) is 5.02 Å². The summed E-state index contributed by atoms with van der Waals surface area (Å²) in [5, 5.41) is 16.0. The summed E-state index contributed by atoms with van der Waals surface area (Å²) in [6, 6.07) is 12.0. The van der Waals surface area contributed by atoms with E-state index < -0.39 is 47.9 Å². The van der Waals surface area contributed by atoms with Crippen LogP contribution in [0.15, 0.2) is 42.5 Å². The molecule has 0 radical (unpaired) electrons. The van der Waals surface area contributed by atoms with E-state index in [0.717, 1.165) is 6.07 Å². The first-order chi connectivity index (χ1) is 17.0. The van der Waals surface area contributed by atoms with Crippen molar-refractivity contribution in [2.75, 3.05) is 5.32 Å². The van der Waals surface area contributed by atoms with Gasteiger partial charge in [-0.1, -0.05) is 11.6 Å². The molecule has 3 aromatic rings. The average molecular weight is 514 g/mol. The van der Waals surface area contributed by atoms with E-state index in [1.807, 2.05) is 6.07 Å². The van der Waals surface area contributed by atoms with Crippen molar-refractivity contribution >= 4 is 29.1 Å². The van der Waals surface area contributed by atoms with Crippen molar-refractivity contribution in [1.82, 2.24) is 9.78 Å². The number of halogens is 4. The molecule has 11 heteroatoms. The number of carbonyl (C=O) groups is 2. The molecule has 1 aliphatic carbocycles. The Morgan fingerprint density at radius 1 is 1.19 bits per heavy atom. The first-order valence-electron chi connectivity index (χ1n) is 11.1. The van der Waals surface area contributed by atoms with Crippen LogP contribution in [0.5, 0.6) is 0 Å². The van der Waals surface area contributed by atoms with Gasteiger partial charge in [-0.05, 0) is 48.9 Å². The van der Waals surface area contributed by atoms with E-state index in [0.29, 0.717) is 16.8 Å². The molecule has 3 N–H and O–H groups in total. The second-order valence-electron chi connectivity index (χ2n) is 9.29. The van der Waals surface area contributed by atoms with Crippen LogP contribution in [0.4, 0.5) is 18.9 Å². The highest BCUT2D eigenvalue weighted by Gasteiger charge is 2.61. The summed E-state index contributed by atoms with van der Waals surface area (Å²) in [6.45, 7) is 0. The molecule has 1 atom stereocenters. The number of benzene rings is 2. The number of hydrogen-bond donors (Lipinski definition) is 2. The number of aromatic nitrogens is 2. The number of carbonyl (C=O) groups excluding carboxylic acids is 2. The molecule has 1 spiro atoms. The number of nitrogens with two attached hydrogens (primary N) is 1. The summed E-state index contributed by atoms with van der Waals surface area (Å²) >= 11 is 5.92. The zero-order chi connectivity index (χ0) is 25.8. The Bertz CT molecular complexity index is 1440. The average Bonchev–Trinajstić information content (AvgIpc) is 3.20. The molecule has 1 fully saturated rings. The largest absolute Gasteiger partial charge is 0.365 e. The van der Waals surface area contributed by atoms with Gasteiger partial charge in [-0.3, -0.25) is 14.3 Å². The van der Waals surface area contributed by atoms with Crippen LogP contribution in [0.25, 0.3) is 11.3 Å². The fraction of sp³-hybridized carbons (Fsp3) is 0.280. The van der Waals surface area contributed by atoms with Crippen LogP contribution in [0, 0.1) is 23.1 Å². The van der Waals surface area contributed by atoms with Gasteiger partial charge in [-0.2, -0.15) is 10.4 Å². The minimum absolute atomic E-state index is 0.0110. The molecule has 0 bridgehead atoms. The van der Waals surface area contributed by atoms with Crippen molar-refractivity contribution in [3.8, 4) is 17.3 Å². The molecule has 0 saturated heterocycles. The van der Waals surface area contributed by atoms with Gasteiger partial charge < -0.3 is 11.1 Å². The molecule has 7 nitrogen and oxygen atoms in total. The van der Waals surface area contributed by atoms with Crippen LogP contribution in [0.3, 0.4) is 0 Å². The number of anilines is 1. The molecule has 2 aromatic carbocycles. The Kier molecular flexibility index (Phi) is 5.56. The Labute approximate surface area is 208 Å². The molecule has 1 aromatic heterocycles. The maximum Gasteiger partial charge on any atom is 0.252 e. The maximum absolute atomic E-state index is 14.2. The lowest BCUT2D eigenvalue weighted by molar-refractivity contribution is -0.170. The fourth-order valence-corrected chi connectivity index (χ4v) is 5.43. The number of amides is 2. The van der Waals surface area contributed by atoms with Gasteiger partial charge in [0.05, 0.1) is 33.5 Å². The molecule has 2 heterocycles. The zero-order valence-electron chi connectivity index (χ0n) is 18.7. The number of hydrogen-bond acceptors (Lipinski definition) is 4. The normalized spacial score (nSPS) is 19.1. The summed E-state index contributed by atoms with van der Waals surface area (Å²) in [6.07, 6.45) is -0.967.